The van der Waals surface area contributed by atoms with Gasteiger partial charge in [-0.05, 0) is 62.7 Å². The van der Waals surface area contributed by atoms with Gasteiger partial charge in [-0.15, -0.1) is 0 Å². The molecule has 6 rings (SSSR count). The van der Waals surface area contributed by atoms with Crippen molar-refractivity contribution in [2.75, 3.05) is 22.9 Å². The van der Waals surface area contributed by atoms with Crippen LogP contribution in [0.5, 0.6) is 0 Å². The molecule has 36 heavy (non-hydrogen) atoms. The molecule has 5 heteroatoms. The van der Waals surface area contributed by atoms with Crippen LogP contribution in [0.15, 0.2) is 98.7 Å². The van der Waals surface area contributed by atoms with Gasteiger partial charge in [0, 0.05) is 41.1 Å². The second-order valence-corrected chi connectivity index (χ2v) is 11.0. The quantitative estimate of drug-likeness (QED) is 0.253. The summed E-state index contributed by atoms with van der Waals surface area (Å²) >= 11 is 3.74. The molecule has 0 spiro atoms. The van der Waals surface area contributed by atoms with Crippen molar-refractivity contribution < 1.29 is 4.57 Å². The molecule has 0 unspecified atom stereocenters. The average molecular weight is 509 g/mol. The van der Waals surface area contributed by atoms with Crippen LogP contribution >= 0.6 is 23.5 Å². The summed E-state index contributed by atoms with van der Waals surface area (Å²) in [5, 5.41) is 3.86. The number of nitrogens with zero attached hydrogens (tertiary/aromatic N) is 3. The topological polar surface area (TPSA) is 10.4 Å². The predicted octanol–water partition coefficient (Wildman–Crippen LogP) is 8.01. The first-order valence-corrected chi connectivity index (χ1v) is 14.3. The molecule has 2 aliphatic rings. The summed E-state index contributed by atoms with van der Waals surface area (Å²) < 4.78 is 2.44. The van der Waals surface area contributed by atoms with Crippen LogP contribution in [-0.2, 0) is 6.54 Å². The molecule has 3 heterocycles. The number of thioether (sulfide) groups is 2. The summed E-state index contributed by atoms with van der Waals surface area (Å²) in [7, 11) is 0. The van der Waals surface area contributed by atoms with Gasteiger partial charge in [-0.2, -0.15) is 4.57 Å². The molecule has 0 bridgehead atoms. The van der Waals surface area contributed by atoms with Crippen LogP contribution in [0.3, 0.4) is 0 Å². The number of aryl methyl sites for hydroxylation is 1. The van der Waals surface area contributed by atoms with E-state index in [2.05, 4.69) is 126 Å². The number of pyridine rings is 1. The minimum atomic E-state index is 0.918. The molecule has 0 fully saturated rings. The number of hydrogen-bond donors (Lipinski definition) is 0. The normalized spacial score (nSPS) is 16.9. The van der Waals surface area contributed by atoms with Crippen LogP contribution < -0.4 is 14.4 Å². The van der Waals surface area contributed by atoms with Crippen molar-refractivity contribution in [3.8, 4) is 0 Å². The molecule has 3 aromatic carbocycles. The molecule has 0 amide bonds. The monoisotopic (exact) mass is 508 g/mol. The van der Waals surface area contributed by atoms with Crippen molar-refractivity contribution in [2.45, 2.75) is 37.1 Å². The van der Waals surface area contributed by atoms with Gasteiger partial charge in [0.1, 0.15) is 6.54 Å². The van der Waals surface area contributed by atoms with Crippen molar-refractivity contribution in [1.82, 2.24) is 0 Å². The second kappa shape index (κ2) is 9.72. The van der Waals surface area contributed by atoms with Gasteiger partial charge in [-0.25, -0.2) is 0 Å². The summed E-state index contributed by atoms with van der Waals surface area (Å²) in [6, 6.07) is 28.6. The Morgan fingerprint density at radius 3 is 1.86 bits per heavy atom. The number of benzene rings is 3. The van der Waals surface area contributed by atoms with Gasteiger partial charge in [-0.3, -0.25) is 0 Å². The van der Waals surface area contributed by atoms with E-state index < -0.39 is 0 Å². The van der Waals surface area contributed by atoms with Crippen molar-refractivity contribution >= 4 is 58.0 Å². The molecule has 0 saturated carbocycles. The van der Waals surface area contributed by atoms with Crippen molar-refractivity contribution in [2.24, 2.45) is 0 Å². The van der Waals surface area contributed by atoms with E-state index >= 15 is 0 Å². The molecule has 3 nitrogen and oxygen atoms in total. The lowest BCUT2D eigenvalue weighted by Crippen LogP contribution is -2.37. The Hall–Kier alpha value is -3.15. The van der Waals surface area contributed by atoms with Crippen LogP contribution in [0.25, 0.3) is 23.1 Å². The number of para-hydroxylation sites is 3. The third kappa shape index (κ3) is 3.91. The molecule has 0 N–H and O–H groups in total. The highest BCUT2D eigenvalue weighted by Gasteiger charge is 2.27. The van der Waals surface area contributed by atoms with Gasteiger partial charge >= 0.3 is 0 Å². The zero-order valence-corrected chi connectivity index (χ0v) is 22.6. The maximum Gasteiger partial charge on any atom is 0.213 e. The fourth-order valence-corrected chi connectivity index (χ4v) is 7.58. The molecular formula is C31H30N3S2+. The van der Waals surface area contributed by atoms with Crippen molar-refractivity contribution in [1.29, 1.82) is 0 Å². The Bertz CT molecular complexity index is 1520. The lowest BCUT2D eigenvalue weighted by molar-refractivity contribution is -0.669. The van der Waals surface area contributed by atoms with Crippen molar-refractivity contribution in [3.05, 3.63) is 100 Å². The first-order chi connectivity index (χ1) is 17.7. The Morgan fingerprint density at radius 2 is 1.25 bits per heavy atom. The van der Waals surface area contributed by atoms with Crippen LogP contribution in [0.2, 0.25) is 0 Å². The summed E-state index contributed by atoms with van der Waals surface area (Å²) in [6.07, 6.45) is 4.76. The third-order valence-electron chi connectivity index (χ3n) is 6.89. The molecule has 0 aliphatic carbocycles. The minimum Gasteiger partial charge on any atom is -0.335 e. The fourth-order valence-electron chi connectivity index (χ4n) is 5.23. The summed E-state index contributed by atoms with van der Waals surface area (Å²) in [6.45, 7) is 9.52. The highest BCUT2D eigenvalue weighted by Crippen LogP contribution is 2.47. The Morgan fingerprint density at radius 1 is 0.694 bits per heavy atom. The Balaban J connectivity index is 1.51. The Labute approximate surface area is 222 Å². The lowest BCUT2D eigenvalue weighted by atomic mass is 10.1. The molecule has 0 saturated heterocycles. The number of anilines is 2. The standard InChI is InChI=1S/C31H30N3S2/c1-4-32-23(21-31-34(6-3)27-16-10-12-18-29(27)36-31)19-22(24-13-7-8-14-25(24)32)20-30-33(5-2)26-15-9-11-17-28(26)35-30/h7-21H,4-6H2,1-3H3/q+1. The van der Waals surface area contributed by atoms with E-state index in [-0.39, 0.29) is 0 Å². The number of aromatic nitrogens is 1. The van der Waals surface area contributed by atoms with Crippen LogP contribution in [0, 0.1) is 0 Å². The smallest absolute Gasteiger partial charge is 0.213 e. The number of hydrogen-bond acceptors (Lipinski definition) is 4. The maximum atomic E-state index is 2.44. The summed E-state index contributed by atoms with van der Waals surface area (Å²) in [5.74, 6) is 0. The van der Waals surface area contributed by atoms with Gasteiger partial charge in [-0.1, -0.05) is 59.9 Å². The van der Waals surface area contributed by atoms with E-state index in [1.165, 1.54) is 53.4 Å². The van der Waals surface area contributed by atoms with Gasteiger partial charge < -0.3 is 9.80 Å². The van der Waals surface area contributed by atoms with Crippen molar-refractivity contribution in [3.63, 3.8) is 0 Å². The maximum absolute atomic E-state index is 2.44. The molecule has 4 aromatic rings. The average Bonchev–Trinajstić information content (AvgIpc) is 3.45. The SMILES string of the molecule is CCN1C(=Cc2cc(/C=C3\Sc4ccccc4N3CC)[n+](CC)c3ccccc23)Sc2ccccc21. The third-order valence-corrected chi connectivity index (χ3v) is 9.12. The van der Waals surface area contributed by atoms with E-state index in [9.17, 15) is 0 Å². The molecular weight excluding hydrogens is 478 g/mol. The number of fused-ring (bicyclic) bond motifs is 3. The van der Waals surface area contributed by atoms with E-state index in [0.717, 1.165) is 19.6 Å². The largest absolute Gasteiger partial charge is 0.335 e. The highest BCUT2D eigenvalue weighted by molar-refractivity contribution is 8.04. The van der Waals surface area contributed by atoms with Gasteiger partial charge in [0.25, 0.3) is 0 Å². The Kier molecular flexibility index (Phi) is 6.28. The van der Waals surface area contributed by atoms with Gasteiger partial charge in [0.05, 0.1) is 26.8 Å². The van der Waals surface area contributed by atoms with E-state index in [4.69, 9.17) is 0 Å². The van der Waals surface area contributed by atoms with Crippen LogP contribution in [0.1, 0.15) is 32.0 Å². The zero-order valence-electron chi connectivity index (χ0n) is 20.9. The van der Waals surface area contributed by atoms with E-state index in [1.807, 2.05) is 23.5 Å². The van der Waals surface area contributed by atoms with E-state index in [0.29, 0.717) is 0 Å². The fraction of sp³-hybridized carbons (Fsp3) is 0.194. The van der Waals surface area contributed by atoms with Crippen LogP contribution in [0.4, 0.5) is 11.4 Å². The summed E-state index contributed by atoms with van der Waals surface area (Å²) in [4.78, 5) is 7.51. The molecule has 2 aliphatic heterocycles. The van der Waals surface area contributed by atoms with Gasteiger partial charge in [0.15, 0.2) is 0 Å². The van der Waals surface area contributed by atoms with Crippen LogP contribution in [-0.4, -0.2) is 13.1 Å². The highest BCUT2D eigenvalue weighted by atomic mass is 32.2. The predicted molar refractivity (Wildman–Crippen MR) is 156 cm³/mol. The molecule has 0 atom stereocenters. The first-order valence-electron chi connectivity index (χ1n) is 12.7. The second-order valence-electron chi connectivity index (χ2n) is 8.88. The van der Waals surface area contributed by atoms with Gasteiger partial charge in [0.2, 0.25) is 11.2 Å². The minimum absolute atomic E-state index is 0.918. The first kappa shape index (κ1) is 23.3. The zero-order chi connectivity index (χ0) is 24.6. The lowest BCUT2D eigenvalue weighted by Gasteiger charge is -2.19. The number of rotatable bonds is 5. The summed E-state index contributed by atoms with van der Waals surface area (Å²) in [5.41, 5.74) is 6.38. The molecule has 1 aromatic heterocycles. The molecule has 0 radical (unpaired) electrons. The molecule has 180 valence electrons. The van der Waals surface area contributed by atoms with E-state index in [1.54, 1.807) is 0 Å².